The Morgan fingerprint density at radius 3 is 2.73 bits per heavy atom. The molecule has 0 aliphatic carbocycles. The van der Waals surface area contributed by atoms with Crippen LogP contribution in [-0.2, 0) is 27.7 Å². The zero-order chi connectivity index (χ0) is 21.3. The first kappa shape index (κ1) is 21.0. The van der Waals surface area contributed by atoms with Crippen LogP contribution < -0.4 is 5.56 Å². The summed E-state index contributed by atoms with van der Waals surface area (Å²) in [6.45, 7) is 2.10. The summed E-state index contributed by atoms with van der Waals surface area (Å²) in [6, 6.07) is 10.4. The molecule has 158 valence electrons. The number of aromatic nitrogens is 2. The van der Waals surface area contributed by atoms with Crippen LogP contribution in [0.4, 0.5) is 0 Å². The molecule has 4 rings (SSSR count). The predicted octanol–water partition coefficient (Wildman–Crippen LogP) is 2.56. The average molecular weight is 464 g/mol. The third-order valence-electron chi connectivity index (χ3n) is 5.02. The number of carbonyl (C=O) groups is 1. The minimum Gasteiger partial charge on any atom is -0.332 e. The number of thiophene rings is 2. The molecular formula is C20H21N3O4S3. The van der Waals surface area contributed by atoms with Crippen molar-refractivity contribution in [2.24, 2.45) is 0 Å². The molecule has 4 heterocycles. The van der Waals surface area contributed by atoms with Gasteiger partial charge in [-0.2, -0.15) is 5.10 Å². The highest BCUT2D eigenvalue weighted by atomic mass is 32.2. The molecule has 0 spiro atoms. The lowest BCUT2D eigenvalue weighted by molar-refractivity contribution is -0.134. The van der Waals surface area contributed by atoms with E-state index in [2.05, 4.69) is 5.10 Å². The number of amides is 1. The van der Waals surface area contributed by atoms with Crippen LogP contribution in [0.25, 0.3) is 10.6 Å². The smallest absolute Gasteiger partial charge is 0.267 e. The molecule has 1 aliphatic heterocycles. The maximum absolute atomic E-state index is 13.2. The lowest BCUT2D eigenvalue weighted by atomic mass is 10.2. The van der Waals surface area contributed by atoms with Crippen molar-refractivity contribution in [3.8, 4) is 10.6 Å². The summed E-state index contributed by atoms with van der Waals surface area (Å²) in [6.07, 6.45) is 0.413. The van der Waals surface area contributed by atoms with Crippen molar-refractivity contribution in [1.29, 1.82) is 0 Å². The van der Waals surface area contributed by atoms with Gasteiger partial charge in [-0.05, 0) is 43.0 Å². The summed E-state index contributed by atoms with van der Waals surface area (Å²) in [5.74, 6) is -0.266. The quantitative estimate of drug-likeness (QED) is 0.561. The zero-order valence-electron chi connectivity index (χ0n) is 16.4. The van der Waals surface area contributed by atoms with Crippen LogP contribution in [0.15, 0.2) is 46.6 Å². The minimum atomic E-state index is -3.15. The highest BCUT2D eigenvalue weighted by Gasteiger charge is 2.35. The molecule has 3 aromatic heterocycles. The summed E-state index contributed by atoms with van der Waals surface area (Å²) in [5.41, 5.74) is 0.268. The van der Waals surface area contributed by atoms with Crippen molar-refractivity contribution < 1.29 is 13.2 Å². The van der Waals surface area contributed by atoms with Crippen LogP contribution >= 0.6 is 22.7 Å². The van der Waals surface area contributed by atoms with E-state index in [-0.39, 0.29) is 35.6 Å². The van der Waals surface area contributed by atoms with Gasteiger partial charge < -0.3 is 4.90 Å². The Hall–Kier alpha value is -2.30. The first-order valence-electron chi connectivity index (χ1n) is 9.48. The molecule has 1 unspecified atom stereocenters. The monoisotopic (exact) mass is 463 g/mol. The highest BCUT2D eigenvalue weighted by molar-refractivity contribution is 7.91. The van der Waals surface area contributed by atoms with E-state index < -0.39 is 9.84 Å². The fourth-order valence-electron chi connectivity index (χ4n) is 3.50. The Morgan fingerprint density at radius 2 is 2.10 bits per heavy atom. The largest absolute Gasteiger partial charge is 0.332 e. The standard InChI is InChI=1S/C20H21N3O4S3/c1-14-4-6-18(29-14)17-5-7-19(24)23(21-17)12-20(25)22(11-16-3-2-9-28-16)15-8-10-30(26,27)13-15/h2-7,9,15H,8,10-13H2,1H3. The van der Waals surface area contributed by atoms with E-state index in [9.17, 15) is 18.0 Å². The van der Waals surface area contributed by atoms with Gasteiger partial charge in [-0.3, -0.25) is 9.59 Å². The highest BCUT2D eigenvalue weighted by Crippen LogP contribution is 2.25. The van der Waals surface area contributed by atoms with Crippen LogP contribution in [0, 0.1) is 6.92 Å². The topological polar surface area (TPSA) is 89.3 Å². The Bertz CT molecular complexity index is 1210. The Kier molecular flexibility index (Phi) is 5.90. The molecule has 30 heavy (non-hydrogen) atoms. The van der Waals surface area contributed by atoms with Crippen molar-refractivity contribution in [1.82, 2.24) is 14.7 Å². The van der Waals surface area contributed by atoms with Gasteiger partial charge in [-0.25, -0.2) is 13.1 Å². The molecule has 10 heteroatoms. The van der Waals surface area contributed by atoms with Crippen LogP contribution in [-0.4, -0.2) is 46.6 Å². The summed E-state index contributed by atoms with van der Waals surface area (Å²) in [4.78, 5) is 30.1. The number of sulfone groups is 1. The number of rotatable bonds is 6. The molecule has 0 radical (unpaired) electrons. The maximum Gasteiger partial charge on any atom is 0.267 e. The molecule has 0 N–H and O–H groups in total. The molecule has 1 amide bonds. The van der Waals surface area contributed by atoms with Gasteiger partial charge in [0.2, 0.25) is 5.91 Å². The van der Waals surface area contributed by atoms with Gasteiger partial charge in [0.25, 0.3) is 5.56 Å². The fourth-order valence-corrected chi connectivity index (χ4v) is 6.76. The lowest BCUT2D eigenvalue weighted by Gasteiger charge is -2.28. The van der Waals surface area contributed by atoms with Gasteiger partial charge in [0.1, 0.15) is 12.2 Å². The third-order valence-corrected chi connectivity index (χ3v) is 8.65. The van der Waals surface area contributed by atoms with E-state index in [1.165, 1.54) is 17.4 Å². The minimum absolute atomic E-state index is 0.0407. The SMILES string of the molecule is Cc1ccc(-c2ccc(=O)n(CC(=O)N(Cc3cccs3)C3CCS(=O)(=O)C3)n2)s1. The van der Waals surface area contributed by atoms with Gasteiger partial charge in [-0.15, -0.1) is 22.7 Å². The fraction of sp³-hybridized carbons (Fsp3) is 0.350. The number of hydrogen-bond acceptors (Lipinski definition) is 7. The van der Waals surface area contributed by atoms with E-state index in [4.69, 9.17) is 0 Å². The third kappa shape index (κ3) is 4.71. The molecule has 7 nitrogen and oxygen atoms in total. The molecule has 0 bridgehead atoms. The zero-order valence-corrected chi connectivity index (χ0v) is 18.8. The molecule has 3 aromatic rings. The summed E-state index contributed by atoms with van der Waals surface area (Å²) >= 11 is 3.08. The maximum atomic E-state index is 13.2. The molecule has 1 saturated heterocycles. The van der Waals surface area contributed by atoms with Crippen molar-refractivity contribution in [3.63, 3.8) is 0 Å². The molecule has 1 fully saturated rings. The van der Waals surface area contributed by atoms with Crippen LogP contribution in [0.5, 0.6) is 0 Å². The van der Waals surface area contributed by atoms with Crippen molar-refractivity contribution in [2.75, 3.05) is 11.5 Å². The van der Waals surface area contributed by atoms with E-state index in [1.807, 2.05) is 36.6 Å². The van der Waals surface area contributed by atoms with Crippen LogP contribution in [0.2, 0.25) is 0 Å². The second kappa shape index (κ2) is 8.44. The number of hydrogen-bond donors (Lipinski definition) is 0. The van der Waals surface area contributed by atoms with E-state index in [1.54, 1.807) is 22.3 Å². The molecule has 0 saturated carbocycles. The first-order valence-corrected chi connectivity index (χ1v) is 13.0. The van der Waals surface area contributed by atoms with Crippen LogP contribution in [0.1, 0.15) is 16.2 Å². The van der Waals surface area contributed by atoms with Gasteiger partial charge >= 0.3 is 0 Å². The van der Waals surface area contributed by atoms with E-state index >= 15 is 0 Å². The van der Waals surface area contributed by atoms with Gasteiger partial charge in [0.15, 0.2) is 9.84 Å². The van der Waals surface area contributed by atoms with Crippen LogP contribution in [0.3, 0.4) is 0 Å². The number of nitrogens with zero attached hydrogens (tertiary/aromatic N) is 3. The normalized spacial score (nSPS) is 17.8. The van der Waals surface area contributed by atoms with Crippen molar-refractivity contribution in [2.45, 2.75) is 32.5 Å². The second-order valence-corrected chi connectivity index (χ2v) is 11.8. The van der Waals surface area contributed by atoms with Crippen molar-refractivity contribution >= 4 is 38.4 Å². The second-order valence-electron chi connectivity index (χ2n) is 7.28. The van der Waals surface area contributed by atoms with Gasteiger partial charge in [0, 0.05) is 21.9 Å². The van der Waals surface area contributed by atoms with Crippen molar-refractivity contribution in [3.05, 3.63) is 61.9 Å². The van der Waals surface area contributed by atoms with Gasteiger partial charge in [0.05, 0.1) is 22.9 Å². The Labute approximate surface area is 182 Å². The Morgan fingerprint density at radius 1 is 1.27 bits per heavy atom. The van der Waals surface area contributed by atoms with Gasteiger partial charge in [-0.1, -0.05) is 6.07 Å². The average Bonchev–Trinajstić information content (AvgIpc) is 3.43. The summed E-state index contributed by atoms with van der Waals surface area (Å²) < 4.78 is 25.1. The predicted molar refractivity (Wildman–Crippen MR) is 118 cm³/mol. The number of carbonyl (C=O) groups excluding carboxylic acids is 1. The number of aryl methyl sites for hydroxylation is 1. The molecule has 1 aliphatic rings. The molecule has 1 atom stereocenters. The summed E-state index contributed by atoms with van der Waals surface area (Å²) in [7, 11) is -3.15. The molecular weight excluding hydrogens is 442 g/mol. The Balaban J connectivity index is 1.60. The van der Waals surface area contributed by atoms with E-state index in [0.29, 0.717) is 18.7 Å². The first-order chi connectivity index (χ1) is 14.3. The lowest BCUT2D eigenvalue weighted by Crippen LogP contribution is -2.43. The summed E-state index contributed by atoms with van der Waals surface area (Å²) in [5, 5.41) is 6.30. The van der Waals surface area contributed by atoms with E-state index in [0.717, 1.165) is 19.3 Å². The molecule has 0 aromatic carbocycles.